The summed E-state index contributed by atoms with van der Waals surface area (Å²) < 4.78 is 5.63. The van der Waals surface area contributed by atoms with Crippen molar-refractivity contribution in [1.82, 2.24) is 0 Å². The van der Waals surface area contributed by atoms with E-state index in [0.717, 1.165) is 5.76 Å². The van der Waals surface area contributed by atoms with Gasteiger partial charge in [-0.15, -0.1) is 0 Å². The Balaban J connectivity index is 4.72. The maximum atomic E-state index is 5.63. The number of hydrogen-bond donors (Lipinski definition) is 0. The average Bonchev–Trinajstić information content (AvgIpc) is 2.00. The van der Waals surface area contributed by atoms with Crippen molar-refractivity contribution in [3.63, 3.8) is 0 Å². The molecule has 0 bridgehead atoms. The first kappa shape index (κ1) is 12.3. The lowest BCUT2D eigenvalue weighted by Crippen LogP contribution is -2.02. The van der Waals surface area contributed by atoms with E-state index < -0.39 is 0 Å². The van der Waals surface area contributed by atoms with E-state index >= 15 is 0 Å². The fourth-order valence-electron chi connectivity index (χ4n) is 1.08. The number of allylic oxidation sites excluding steroid dienone is 4. The molecule has 76 valence electrons. The highest BCUT2D eigenvalue weighted by molar-refractivity contribution is 5.32. The van der Waals surface area contributed by atoms with E-state index in [1.165, 1.54) is 16.7 Å². The van der Waals surface area contributed by atoms with Crippen LogP contribution in [0.2, 0.25) is 0 Å². The summed E-state index contributed by atoms with van der Waals surface area (Å²) in [6.45, 7) is 14.6. The highest BCUT2D eigenvalue weighted by atomic mass is 16.5. The van der Waals surface area contributed by atoms with Gasteiger partial charge in [0, 0.05) is 0 Å². The molecule has 0 aliphatic carbocycles. The lowest BCUT2D eigenvalue weighted by Gasteiger charge is -2.14. The summed E-state index contributed by atoms with van der Waals surface area (Å²) in [5, 5.41) is 0. The standard InChI is InChI=1S/C12H22O/c1-8(2)10(5)11(6)12(7)13-9(3)4/h9H,1-7H3/b12-11+. The van der Waals surface area contributed by atoms with Crippen LogP contribution in [0.3, 0.4) is 0 Å². The summed E-state index contributed by atoms with van der Waals surface area (Å²) in [6, 6.07) is 0. The van der Waals surface area contributed by atoms with Crippen molar-refractivity contribution in [2.24, 2.45) is 0 Å². The first-order valence-corrected chi connectivity index (χ1v) is 4.84. The molecule has 0 fully saturated rings. The third kappa shape index (κ3) is 4.16. The summed E-state index contributed by atoms with van der Waals surface area (Å²) in [4.78, 5) is 0. The van der Waals surface area contributed by atoms with Gasteiger partial charge < -0.3 is 4.74 Å². The topological polar surface area (TPSA) is 9.23 Å². The third-order valence-corrected chi connectivity index (χ3v) is 2.25. The molecule has 0 amide bonds. The molecule has 1 heteroatoms. The Bertz CT molecular complexity index is 228. The second-order valence-electron chi connectivity index (χ2n) is 3.97. The molecule has 0 saturated heterocycles. The van der Waals surface area contributed by atoms with Crippen LogP contribution in [-0.2, 0) is 4.74 Å². The van der Waals surface area contributed by atoms with Crippen LogP contribution in [0.1, 0.15) is 48.5 Å². The highest BCUT2D eigenvalue weighted by Crippen LogP contribution is 2.18. The van der Waals surface area contributed by atoms with E-state index in [1.54, 1.807) is 0 Å². The smallest absolute Gasteiger partial charge is 0.0964 e. The monoisotopic (exact) mass is 182 g/mol. The molecule has 0 aromatic heterocycles. The fraction of sp³-hybridized carbons (Fsp3) is 0.667. The van der Waals surface area contributed by atoms with Crippen molar-refractivity contribution in [2.45, 2.75) is 54.6 Å². The molecule has 0 N–H and O–H groups in total. The molecular weight excluding hydrogens is 160 g/mol. The minimum Gasteiger partial charge on any atom is -0.495 e. The molecule has 0 rings (SSSR count). The molecule has 0 saturated carbocycles. The third-order valence-electron chi connectivity index (χ3n) is 2.25. The molecule has 1 nitrogen and oxygen atoms in total. The van der Waals surface area contributed by atoms with Crippen molar-refractivity contribution < 1.29 is 4.74 Å². The quantitative estimate of drug-likeness (QED) is 0.472. The molecule has 0 radical (unpaired) electrons. The molecule has 0 heterocycles. The maximum Gasteiger partial charge on any atom is 0.0964 e. The lowest BCUT2D eigenvalue weighted by atomic mass is 10.0. The van der Waals surface area contributed by atoms with E-state index in [2.05, 4.69) is 41.5 Å². The van der Waals surface area contributed by atoms with Gasteiger partial charge in [0.1, 0.15) is 0 Å². The van der Waals surface area contributed by atoms with Gasteiger partial charge in [0.25, 0.3) is 0 Å². The van der Waals surface area contributed by atoms with Crippen molar-refractivity contribution in [3.05, 3.63) is 22.5 Å². The van der Waals surface area contributed by atoms with E-state index in [0.29, 0.717) is 0 Å². The molecule has 0 spiro atoms. The Labute approximate surface area is 82.5 Å². The number of ether oxygens (including phenoxy) is 1. The van der Waals surface area contributed by atoms with Gasteiger partial charge in [0.05, 0.1) is 11.9 Å². The molecule has 0 atom stereocenters. The van der Waals surface area contributed by atoms with E-state index in [-0.39, 0.29) is 6.10 Å². The SMILES string of the molecule is CC(C)=C(C)/C(C)=C(\C)OC(C)C. The van der Waals surface area contributed by atoms with Crippen molar-refractivity contribution in [2.75, 3.05) is 0 Å². The predicted octanol–water partition coefficient (Wildman–Crippen LogP) is 4.06. The summed E-state index contributed by atoms with van der Waals surface area (Å²) in [5.74, 6) is 1.04. The van der Waals surface area contributed by atoms with Crippen molar-refractivity contribution in [3.8, 4) is 0 Å². The largest absolute Gasteiger partial charge is 0.495 e. The van der Waals surface area contributed by atoms with Crippen LogP contribution in [0.5, 0.6) is 0 Å². The van der Waals surface area contributed by atoms with Crippen LogP contribution in [0, 0.1) is 0 Å². The van der Waals surface area contributed by atoms with Crippen LogP contribution >= 0.6 is 0 Å². The summed E-state index contributed by atoms with van der Waals surface area (Å²) in [6.07, 6.45) is 0.264. The lowest BCUT2D eigenvalue weighted by molar-refractivity contribution is 0.147. The van der Waals surface area contributed by atoms with Gasteiger partial charge in [0.2, 0.25) is 0 Å². The van der Waals surface area contributed by atoms with Crippen molar-refractivity contribution >= 4 is 0 Å². The van der Waals surface area contributed by atoms with Gasteiger partial charge in [-0.2, -0.15) is 0 Å². The normalized spacial score (nSPS) is 12.6. The molecule has 0 unspecified atom stereocenters. The minimum absolute atomic E-state index is 0.264. The van der Waals surface area contributed by atoms with Crippen LogP contribution in [-0.4, -0.2) is 6.10 Å². The van der Waals surface area contributed by atoms with E-state index in [1.807, 2.05) is 6.92 Å². The van der Waals surface area contributed by atoms with Gasteiger partial charge in [-0.05, 0) is 59.6 Å². The van der Waals surface area contributed by atoms with Gasteiger partial charge in [0.15, 0.2) is 0 Å². The van der Waals surface area contributed by atoms with Gasteiger partial charge in [-0.1, -0.05) is 5.57 Å². The van der Waals surface area contributed by atoms with Crippen LogP contribution < -0.4 is 0 Å². The Hall–Kier alpha value is -0.720. The average molecular weight is 182 g/mol. The molecule has 0 aromatic rings. The summed E-state index contributed by atoms with van der Waals surface area (Å²) in [7, 11) is 0. The zero-order valence-corrected chi connectivity index (χ0v) is 9.99. The van der Waals surface area contributed by atoms with E-state index in [9.17, 15) is 0 Å². The molecule has 0 aromatic carbocycles. The zero-order chi connectivity index (χ0) is 10.6. The van der Waals surface area contributed by atoms with Crippen LogP contribution in [0.15, 0.2) is 22.5 Å². The first-order chi connectivity index (χ1) is 5.86. The van der Waals surface area contributed by atoms with Crippen LogP contribution in [0.4, 0.5) is 0 Å². The summed E-state index contributed by atoms with van der Waals surface area (Å²) >= 11 is 0. The predicted molar refractivity (Wildman–Crippen MR) is 58.6 cm³/mol. The first-order valence-electron chi connectivity index (χ1n) is 4.84. The molecule has 0 aliphatic heterocycles. The fourth-order valence-corrected chi connectivity index (χ4v) is 1.08. The Morgan fingerprint density at radius 2 is 1.31 bits per heavy atom. The molecule has 13 heavy (non-hydrogen) atoms. The maximum absolute atomic E-state index is 5.63. The molecule has 0 aliphatic rings. The minimum atomic E-state index is 0.264. The highest BCUT2D eigenvalue weighted by Gasteiger charge is 2.03. The molecular formula is C12H22O. The van der Waals surface area contributed by atoms with Gasteiger partial charge in [-0.25, -0.2) is 0 Å². The second kappa shape index (κ2) is 5.11. The van der Waals surface area contributed by atoms with Gasteiger partial charge >= 0.3 is 0 Å². The Morgan fingerprint density at radius 1 is 0.846 bits per heavy atom. The van der Waals surface area contributed by atoms with Crippen LogP contribution in [0.25, 0.3) is 0 Å². The second-order valence-corrected chi connectivity index (χ2v) is 3.97. The Kier molecular flexibility index (Phi) is 4.82. The zero-order valence-electron chi connectivity index (χ0n) is 9.99. The van der Waals surface area contributed by atoms with Crippen molar-refractivity contribution in [1.29, 1.82) is 0 Å². The Morgan fingerprint density at radius 3 is 1.62 bits per heavy atom. The van der Waals surface area contributed by atoms with Gasteiger partial charge in [-0.3, -0.25) is 0 Å². The summed E-state index contributed by atoms with van der Waals surface area (Å²) in [5.41, 5.74) is 3.94. The number of hydrogen-bond acceptors (Lipinski definition) is 1. The number of rotatable bonds is 3. The van der Waals surface area contributed by atoms with E-state index in [4.69, 9.17) is 4.74 Å².